The van der Waals surface area contributed by atoms with Crippen LogP contribution in [0.2, 0.25) is 0 Å². The van der Waals surface area contributed by atoms with E-state index in [9.17, 15) is 0 Å². The molecule has 1 heterocycles. The number of guanidine groups is 1. The standard InChI is InChI=1S/C26H38N4O2.HI/c1-3-27-26(29-20-23-12-7-8-13-25(23)31-2)28-16-9-19-32-24-14-17-30(18-15-24)21-22-10-5-4-6-11-22;/h4-8,10-13,24H,3,9,14-21H2,1-2H3,(H2,27,28,29);1H. The second-order valence-corrected chi connectivity index (χ2v) is 8.12. The maximum absolute atomic E-state index is 6.14. The molecule has 1 aliphatic rings. The highest BCUT2D eigenvalue weighted by atomic mass is 127. The van der Waals surface area contributed by atoms with Crippen molar-refractivity contribution in [1.29, 1.82) is 0 Å². The largest absolute Gasteiger partial charge is 0.496 e. The van der Waals surface area contributed by atoms with Gasteiger partial charge < -0.3 is 20.1 Å². The molecule has 0 unspecified atom stereocenters. The maximum Gasteiger partial charge on any atom is 0.191 e. The predicted molar refractivity (Wildman–Crippen MR) is 147 cm³/mol. The Morgan fingerprint density at radius 3 is 2.48 bits per heavy atom. The fourth-order valence-electron chi connectivity index (χ4n) is 3.94. The summed E-state index contributed by atoms with van der Waals surface area (Å²) in [6, 6.07) is 18.7. The molecule has 3 rings (SSSR count). The molecule has 0 radical (unpaired) electrons. The first kappa shape index (κ1) is 27.4. The molecule has 6 nitrogen and oxygen atoms in total. The van der Waals surface area contributed by atoms with Crippen LogP contribution >= 0.6 is 24.0 Å². The molecule has 0 aliphatic carbocycles. The third-order valence-corrected chi connectivity index (χ3v) is 5.69. The van der Waals surface area contributed by atoms with Crippen LogP contribution < -0.4 is 15.4 Å². The van der Waals surface area contributed by atoms with Gasteiger partial charge in [0.15, 0.2) is 5.96 Å². The van der Waals surface area contributed by atoms with E-state index in [1.807, 2.05) is 24.3 Å². The minimum atomic E-state index is 0. The predicted octanol–water partition coefficient (Wildman–Crippen LogP) is 4.44. The molecule has 1 saturated heterocycles. The quantitative estimate of drug-likeness (QED) is 0.182. The molecule has 182 valence electrons. The van der Waals surface area contributed by atoms with Crippen LogP contribution in [-0.4, -0.2) is 56.9 Å². The average molecular weight is 567 g/mol. The number of hydrogen-bond acceptors (Lipinski definition) is 4. The van der Waals surface area contributed by atoms with E-state index in [0.717, 1.165) is 75.9 Å². The fourth-order valence-corrected chi connectivity index (χ4v) is 3.94. The minimum Gasteiger partial charge on any atom is -0.496 e. The monoisotopic (exact) mass is 566 g/mol. The summed E-state index contributed by atoms with van der Waals surface area (Å²) in [5.74, 6) is 1.70. The van der Waals surface area contributed by atoms with Gasteiger partial charge in [-0.2, -0.15) is 0 Å². The zero-order valence-electron chi connectivity index (χ0n) is 20.0. The first-order valence-corrected chi connectivity index (χ1v) is 11.8. The van der Waals surface area contributed by atoms with Crippen molar-refractivity contribution in [3.05, 3.63) is 65.7 Å². The highest BCUT2D eigenvalue weighted by Crippen LogP contribution is 2.18. The van der Waals surface area contributed by atoms with Crippen molar-refractivity contribution < 1.29 is 9.47 Å². The summed E-state index contributed by atoms with van der Waals surface area (Å²) in [6.07, 6.45) is 3.57. The molecule has 0 spiro atoms. The minimum absolute atomic E-state index is 0. The summed E-state index contributed by atoms with van der Waals surface area (Å²) in [6.45, 7) is 8.36. The third kappa shape index (κ3) is 9.90. The second kappa shape index (κ2) is 15.9. The molecule has 33 heavy (non-hydrogen) atoms. The van der Waals surface area contributed by atoms with Gasteiger partial charge in [0.05, 0.1) is 19.8 Å². The highest BCUT2D eigenvalue weighted by Gasteiger charge is 2.19. The van der Waals surface area contributed by atoms with E-state index in [-0.39, 0.29) is 24.0 Å². The van der Waals surface area contributed by atoms with E-state index in [2.05, 4.69) is 52.8 Å². The molecule has 0 amide bonds. The van der Waals surface area contributed by atoms with Crippen molar-refractivity contribution in [3.8, 4) is 5.75 Å². The SMILES string of the molecule is CCNC(=NCc1ccccc1OC)NCCCOC1CCN(Cc2ccccc2)CC1.I. The number of benzene rings is 2. The summed E-state index contributed by atoms with van der Waals surface area (Å²) < 4.78 is 11.6. The van der Waals surface area contributed by atoms with Gasteiger partial charge in [-0.1, -0.05) is 48.5 Å². The molecule has 2 aromatic rings. The third-order valence-electron chi connectivity index (χ3n) is 5.69. The fraction of sp³-hybridized carbons (Fsp3) is 0.500. The van der Waals surface area contributed by atoms with Crippen LogP contribution in [0.25, 0.3) is 0 Å². The van der Waals surface area contributed by atoms with E-state index >= 15 is 0 Å². The van der Waals surface area contributed by atoms with Crippen LogP contribution in [0, 0.1) is 0 Å². The van der Waals surface area contributed by atoms with Crippen molar-refractivity contribution in [2.24, 2.45) is 4.99 Å². The molecule has 0 bridgehead atoms. The smallest absolute Gasteiger partial charge is 0.191 e. The van der Waals surface area contributed by atoms with Gasteiger partial charge in [-0.15, -0.1) is 24.0 Å². The van der Waals surface area contributed by atoms with Crippen molar-refractivity contribution >= 4 is 29.9 Å². The molecule has 0 saturated carbocycles. The summed E-state index contributed by atoms with van der Waals surface area (Å²) >= 11 is 0. The molecule has 2 aromatic carbocycles. The first-order chi connectivity index (χ1) is 15.8. The number of methoxy groups -OCH3 is 1. The molecular weight excluding hydrogens is 527 g/mol. The van der Waals surface area contributed by atoms with E-state index in [0.29, 0.717) is 12.6 Å². The van der Waals surface area contributed by atoms with Crippen molar-refractivity contribution in [3.63, 3.8) is 0 Å². The lowest BCUT2D eigenvalue weighted by molar-refractivity contribution is 0.00534. The lowest BCUT2D eigenvalue weighted by Gasteiger charge is -2.32. The van der Waals surface area contributed by atoms with Crippen LogP contribution in [0.1, 0.15) is 37.3 Å². The summed E-state index contributed by atoms with van der Waals surface area (Å²) in [5, 5.41) is 6.72. The summed E-state index contributed by atoms with van der Waals surface area (Å²) in [4.78, 5) is 7.22. The van der Waals surface area contributed by atoms with Crippen molar-refractivity contribution in [2.75, 3.05) is 39.9 Å². The van der Waals surface area contributed by atoms with Gasteiger partial charge in [-0.05, 0) is 37.8 Å². The van der Waals surface area contributed by atoms with Crippen molar-refractivity contribution in [2.45, 2.75) is 45.4 Å². The van der Waals surface area contributed by atoms with Crippen LogP contribution in [0.4, 0.5) is 0 Å². The second-order valence-electron chi connectivity index (χ2n) is 8.12. The van der Waals surface area contributed by atoms with Gasteiger partial charge in [0, 0.05) is 44.9 Å². The van der Waals surface area contributed by atoms with Gasteiger partial charge in [-0.3, -0.25) is 4.90 Å². The number of ether oxygens (including phenoxy) is 2. The van der Waals surface area contributed by atoms with Gasteiger partial charge in [0.2, 0.25) is 0 Å². The number of hydrogen-bond donors (Lipinski definition) is 2. The van der Waals surface area contributed by atoms with Crippen LogP contribution in [-0.2, 0) is 17.8 Å². The average Bonchev–Trinajstić information content (AvgIpc) is 2.84. The summed E-state index contributed by atoms with van der Waals surface area (Å²) in [7, 11) is 1.69. The Morgan fingerprint density at radius 2 is 1.76 bits per heavy atom. The van der Waals surface area contributed by atoms with Crippen LogP contribution in [0.3, 0.4) is 0 Å². The number of halogens is 1. The molecule has 0 aromatic heterocycles. The van der Waals surface area contributed by atoms with Gasteiger partial charge >= 0.3 is 0 Å². The topological polar surface area (TPSA) is 58.1 Å². The number of likely N-dealkylation sites (tertiary alicyclic amines) is 1. The Balaban J connectivity index is 0.00000385. The van der Waals surface area contributed by atoms with Gasteiger partial charge in [0.1, 0.15) is 5.75 Å². The number of nitrogens with zero attached hydrogens (tertiary/aromatic N) is 2. The molecular formula is C26H39IN4O2. The van der Waals surface area contributed by atoms with Crippen molar-refractivity contribution in [1.82, 2.24) is 15.5 Å². The molecule has 1 aliphatic heterocycles. The van der Waals surface area contributed by atoms with E-state index < -0.39 is 0 Å². The normalized spacial score (nSPS) is 15.0. The Bertz CT molecular complexity index is 811. The molecule has 0 atom stereocenters. The Labute approximate surface area is 216 Å². The number of piperidine rings is 1. The zero-order chi connectivity index (χ0) is 22.4. The Kier molecular flexibility index (Phi) is 13.2. The van der Waals surface area contributed by atoms with E-state index in [1.165, 1.54) is 5.56 Å². The number of rotatable bonds is 11. The van der Waals surface area contributed by atoms with E-state index in [4.69, 9.17) is 14.5 Å². The molecule has 2 N–H and O–H groups in total. The molecule has 7 heteroatoms. The first-order valence-electron chi connectivity index (χ1n) is 11.8. The number of para-hydroxylation sites is 1. The van der Waals surface area contributed by atoms with Crippen LogP contribution in [0.5, 0.6) is 5.75 Å². The maximum atomic E-state index is 6.14. The lowest BCUT2D eigenvalue weighted by atomic mass is 10.1. The Morgan fingerprint density at radius 1 is 1.03 bits per heavy atom. The van der Waals surface area contributed by atoms with Crippen LogP contribution in [0.15, 0.2) is 59.6 Å². The van der Waals surface area contributed by atoms with E-state index in [1.54, 1.807) is 7.11 Å². The lowest BCUT2D eigenvalue weighted by Crippen LogP contribution is -2.38. The number of nitrogens with one attached hydrogen (secondary N) is 2. The summed E-state index contributed by atoms with van der Waals surface area (Å²) in [5.41, 5.74) is 2.47. The highest BCUT2D eigenvalue weighted by molar-refractivity contribution is 14.0. The van der Waals surface area contributed by atoms with Gasteiger partial charge in [-0.25, -0.2) is 4.99 Å². The Hall–Kier alpha value is -1.84. The van der Waals surface area contributed by atoms with Gasteiger partial charge in [0.25, 0.3) is 0 Å². The zero-order valence-corrected chi connectivity index (χ0v) is 22.3. The molecule has 1 fully saturated rings. The number of aliphatic imine (C=N–C) groups is 1.